The monoisotopic (exact) mass is 512 g/mol. The number of para-hydroxylation sites is 1. The predicted molar refractivity (Wildman–Crippen MR) is 137 cm³/mol. The SMILES string of the molecule is C[C@H]1[C@@H](Nc2ncnc3[nH]ncc23)CCCN1C(=O)CNc1ccccc1S(=O)(=O)N1CCCCC1. The molecule has 0 saturated carbocycles. The van der Waals surface area contributed by atoms with Gasteiger partial charge in [-0.15, -0.1) is 0 Å². The van der Waals surface area contributed by atoms with Gasteiger partial charge in [-0.2, -0.15) is 9.40 Å². The third-order valence-corrected chi connectivity index (χ3v) is 9.09. The van der Waals surface area contributed by atoms with Gasteiger partial charge in [0.25, 0.3) is 0 Å². The Balaban J connectivity index is 1.26. The summed E-state index contributed by atoms with van der Waals surface area (Å²) in [5, 5.41) is 14.3. The van der Waals surface area contributed by atoms with E-state index in [4.69, 9.17) is 0 Å². The number of piperidine rings is 2. The number of hydrogen-bond donors (Lipinski definition) is 3. The van der Waals surface area contributed by atoms with Crippen LogP contribution in [0.4, 0.5) is 11.5 Å². The fourth-order valence-electron chi connectivity index (χ4n) is 5.10. The lowest BCUT2D eigenvalue weighted by atomic mass is 9.97. The van der Waals surface area contributed by atoms with Crippen LogP contribution in [0.5, 0.6) is 0 Å². The van der Waals surface area contributed by atoms with Crippen LogP contribution in [0.1, 0.15) is 39.0 Å². The van der Waals surface area contributed by atoms with E-state index >= 15 is 0 Å². The van der Waals surface area contributed by atoms with Crippen molar-refractivity contribution in [1.82, 2.24) is 29.4 Å². The zero-order valence-electron chi connectivity index (χ0n) is 20.4. The molecule has 2 saturated heterocycles. The van der Waals surface area contributed by atoms with Crippen LogP contribution in [0, 0.1) is 0 Å². The molecule has 0 bridgehead atoms. The van der Waals surface area contributed by atoms with E-state index in [0.29, 0.717) is 36.8 Å². The number of likely N-dealkylation sites (tertiary alicyclic amines) is 1. The molecule has 2 aliphatic heterocycles. The number of fused-ring (bicyclic) bond motifs is 1. The maximum Gasteiger partial charge on any atom is 0.245 e. The van der Waals surface area contributed by atoms with Gasteiger partial charge in [0.15, 0.2) is 5.65 Å². The van der Waals surface area contributed by atoms with Gasteiger partial charge >= 0.3 is 0 Å². The minimum Gasteiger partial charge on any atom is -0.375 e. The average molecular weight is 513 g/mol. The summed E-state index contributed by atoms with van der Waals surface area (Å²) < 4.78 is 28.1. The smallest absolute Gasteiger partial charge is 0.245 e. The van der Waals surface area contributed by atoms with Gasteiger partial charge in [0.1, 0.15) is 17.0 Å². The molecule has 2 aliphatic rings. The van der Waals surface area contributed by atoms with Gasteiger partial charge in [-0.1, -0.05) is 18.6 Å². The Morgan fingerprint density at radius 3 is 2.75 bits per heavy atom. The zero-order valence-corrected chi connectivity index (χ0v) is 21.2. The van der Waals surface area contributed by atoms with Crippen molar-refractivity contribution < 1.29 is 13.2 Å². The predicted octanol–water partition coefficient (Wildman–Crippen LogP) is 2.43. The highest BCUT2D eigenvalue weighted by molar-refractivity contribution is 7.89. The van der Waals surface area contributed by atoms with E-state index in [1.807, 2.05) is 11.8 Å². The molecule has 192 valence electrons. The molecule has 5 rings (SSSR count). The second kappa shape index (κ2) is 10.4. The molecule has 1 amide bonds. The summed E-state index contributed by atoms with van der Waals surface area (Å²) in [5.41, 5.74) is 1.12. The molecule has 12 heteroatoms. The van der Waals surface area contributed by atoms with E-state index in [-0.39, 0.29) is 29.4 Å². The van der Waals surface area contributed by atoms with Crippen LogP contribution in [0.15, 0.2) is 41.7 Å². The fourth-order valence-corrected chi connectivity index (χ4v) is 6.78. The van der Waals surface area contributed by atoms with E-state index in [9.17, 15) is 13.2 Å². The van der Waals surface area contributed by atoms with Crippen molar-refractivity contribution in [3.05, 3.63) is 36.8 Å². The first-order chi connectivity index (χ1) is 17.4. The van der Waals surface area contributed by atoms with Gasteiger partial charge in [-0.3, -0.25) is 9.89 Å². The number of anilines is 2. The molecule has 0 spiro atoms. The first-order valence-electron chi connectivity index (χ1n) is 12.5. The number of nitrogens with zero attached hydrogens (tertiary/aromatic N) is 5. The van der Waals surface area contributed by atoms with Crippen LogP contribution in [-0.2, 0) is 14.8 Å². The number of benzene rings is 1. The van der Waals surface area contributed by atoms with Crippen LogP contribution in [0.3, 0.4) is 0 Å². The molecule has 2 aromatic heterocycles. The summed E-state index contributed by atoms with van der Waals surface area (Å²) in [5.74, 6) is 0.616. The molecule has 36 heavy (non-hydrogen) atoms. The van der Waals surface area contributed by atoms with Gasteiger partial charge in [0.2, 0.25) is 15.9 Å². The van der Waals surface area contributed by atoms with Crippen molar-refractivity contribution in [3.8, 4) is 0 Å². The summed E-state index contributed by atoms with van der Waals surface area (Å²) in [6, 6.07) is 6.78. The normalized spacial score (nSPS) is 21.4. The molecule has 0 unspecified atom stereocenters. The Labute approximate surface area is 210 Å². The molecule has 11 nitrogen and oxygen atoms in total. The molecule has 0 radical (unpaired) electrons. The number of sulfonamides is 1. The van der Waals surface area contributed by atoms with Crippen LogP contribution in [-0.4, -0.2) is 82.0 Å². The van der Waals surface area contributed by atoms with Crippen LogP contribution < -0.4 is 10.6 Å². The van der Waals surface area contributed by atoms with E-state index in [2.05, 4.69) is 30.8 Å². The number of H-pyrrole nitrogens is 1. The molecule has 3 N–H and O–H groups in total. The number of hydrogen-bond acceptors (Lipinski definition) is 8. The Morgan fingerprint density at radius 2 is 1.92 bits per heavy atom. The third-order valence-electron chi connectivity index (χ3n) is 7.13. The summed E-state index contributed by atoms with van der Waals surface area (Å²) >= 11 is 0. The van der Waals surface area contributed by atoms with Crippen LogP contribution >= 0.6 is 0 Å². The maximum absolute atomic E-state index is 13.3. The summed E-state index contributed by atoms with van der Waals surface area (Å²) in [7, 11) is -3.62. The van der Waals surface area contributed by atoms with E-state index < -0.39 is 10.0 Å². The lowest BCUT2D eigenvalue weighted by Crippen LogP contribution is -2.53. The highest BCUT2D eigenvalue weighted by atomic mass is 32.2. The molecule has 2 atom stereocenters. The molecule has 2 fully saturated rings. The summed E-state index contributed by atoms with van der Waals surface area (Å²) in [6.45, 7) is 3.76. The van der Waals surface area contributed by atoms with Gasteiger partial charge in [-0.25, -0.2) is 18.4 Å². The minimum absolute atomic E-state index is 0.0162. The lowest BCUT2D eigenvalue weighted by molar-refractivity contribution is -0.132. The van der Waals surface area contributed by atoms with Gasteiger partial charge in [0.05, 0.1) is 23.8 Å². The molecule has 3 aromatic rings. The van der Waals surface area contributed by atoms with E-state index in [0.717, 1.165) is 37.5 Å². The highest BCUT2D eigenvalue weighted by Gasteiger charge is 2.32. The summed E-state index contributed by atoms with van der Waals surface area (Å²) in [4.78, 5) is 23.9. The van der Waals surface area contributed by atoms with Crippen molar-refractivity contribution in [1.29, 1.82) is 0 Å². The Hall–Kier alpha value is -3.25. The first-order valence-corrected chi connectivity index (χ1v) is 13.9. The largest absolute Gasteiger partial charge is 0.375 e. The first kappa shape index (κ1) is 24.4. The van der Waals surface area contributed by atoms with Gasteiger partial charge in [-0.05, 0) is 44.7 Å². The molecule has 0 aliphatic carbocycles. The molecule has 1 aromatic carbocycles. The highest BCUT2D eigenvalue weighted by Crippen LogP contribution is 2.28. The van der Waals surface area contributed by atoms with Gasteiger partial charge < -0.3 is 15.5 Å². The van der Waals surface area contributed by atoms with Crippen molar-refractivity contribution >= 4 is 38.5 Å². The van der Waals surface area contributed by atoms with Crippen molar-refractivity contribution in [2.24, 2.45) is 0 Å². The number of rotatable bonds is 7. The Bertz CT molecular complexity index is 1320. The van der Waals surface area contributed by atoms with E-state index in [1.54, 1.807) is 34.8 Å². The molecular formula is C24H32N8O3S. The Morgan fingerprint density at radius 1 is 1.11 bits per heavy atom. The number of amides is 1. The summed E-state index contributed by atoms with van der Waals surface area (Å²) in [6.07, 6.45) is 7.72. The minimum atomic E-state index is -3.62. The number of nitrogens with one attached hydrogen (secondary N) is 3. The van der Waals surface area contributed by atoms with Crippen molar-refractivity contribution in [2.45, 2.75) is 56.0 Å². The van der Waals surface area contributed by atoms with Crippen molar-refractivity contribution in [2.75, 3.05) is 36.8 Å². The average Bonchev–Trinajstić information content (AvgIpc) is 3.39. The van der Waals surface area contributed by atoms with Gasteiger partial charge in [0, 0.05) is 31.7 Å². The topological polar surface area (TPSA) is 136 Å². The number of aromatic nitrogens is 4. The quantitative estimate of drug-likeness (QED) is 0.439. The molecular weight excluding hydrogens is 480 g/mol. The zero-order chi connectivity index (χ0) is 25.1. The standard InChI is InChI=1S/C24H32N8O3S/c1-17-19(29-23-18-14-28-30-24(18)27-16-26-23)9-7-13-32(17)22(33)15-25-20-8-3-4-10-21(20)36(34,35)31-11-5-2-6-12-31/h3-4,8,10,14,16-17,19,25H,2,5-7,9,11-13,15H2,1H3,(H2,26,27,28,29,30)/t17-,19-/m0/s1. The van der Waals surface area contributed by atoms with Crippen LogP contribution in [0.25, 0.3) is 11.0 Å². The van der Waals surface area contributed by atoms with Crippen molar-refractivity contribution in [3.63, 3.8) is 0 Å². The third kappa shape index (κ3) is 4.87. The lowest BCUT2D eigenvalue weighted by Gasteiger charge is -2.40. The maximum atomic E-state index is 13.3. The Kier molecular flexibility index (Phi) is 7.06. The number of carbonyl (C=O) groups excluding carboxylic acids is 1. The van der Waals surface area contributed by atoms with E-state index in [1.165, 1.54) is 6.33 Å². The fraction of sp³-hybridized carbons (Fsp3) is 0.500. The second-order valence-corrected chi connectivity index (χ2v) is 11.3. The van der Waals surface area contributed by atoms with Crippen LogP contribution in [0.2, 0.25) is 0 Å². The number of carbonyl (C=O) groups is 1. The molecule has 4 heterocycles. The second-order valence-electron chi connectivity index (χ2n) is 9.39. The number of aromatic amines is 1.